The number of furan rings is 1. The summed E-state index contributed by atoms with van der Waals surface area (Å²) in [5.74, 6) is 0.655. The van der Waals surface area contributed by atoms with Gasteiger partial charge in [0.2, 0.25) is 0 Å². The van der Waals surface area contributed by atoms with Crippen molar-refractivity contribution in [3.63, 3.8) is 0 Å². The molecule has 6 nitrogen and oxygen atoms in total. The van der Waals surface area contributed by atoms with Crippen molar-refractivity contribution in [3.05, 3.63) is 188 Å². The Kier molecular flexibility index (Phi) is 6.83. The SMILES string of the molecule is c1ccc(-c2cc(-c3ccccc3)nc(-c3cccc4oc5ccc(-c6ccc7c(c6)c6cc8nc9ccccc9n8cc6n7-c6ccccc6)cc5c34)n2)cc1. The maximum Gasteiger partial charge on any atom is 0.161 e. The molecule has 57 heavy (non-hydrogen) atoms. The van der Waals surface area contributed by atoms with Crippen LogP contribution in [-0.2, 0) is 0 Å². The highest BCUT2D eigenvalue weighted by molar-refractivity contribution is 6.14. The van der Waals surface area contributed by atoms with Crippen LogP contribution in [-0.4, -0.2) is 23.9 Å². The number of imidazole rings is 1. The molecule has 0 fully saturated rings. The molecule has 0 unspecified atom stereocenters. The van der Waals surface area contributed by atoms with E-state index < -0.39 is 0 Å². The third-order valence-electron chi connectivity index (χ3n) is 11.1. The third kappa shape index (κ3) is 5.01. The first-order valence-corrected chi connectivity index (χ1v) is 19.1. The van der Waals surface area contributed by atoms with Gasteiger partial charge in [-0.15, -0.1) is 0 Å². The minimum Gasteiger partial charge on any atom is -0.456 e. The van der Waals surface area contributed by atoms with E-state index in [2.05, 4.69) is 143 Å². The lowest BCUT2D eigenvalue weighted by molar-refractivity contribution is 0.669. The van der Waals surface area contributed by atoms with E-state index in [9.17, 15) is 0 Å². The fourth-order valence-electron chi connectivity index (χ4n) is 8.47. The van der Waals surface area contributed by atoms with Crippen molar-refractivity contribution in [1.82, 2.24) is 23.9 Å². The lowest BCUT2D eigenvalue weighted by Gasteiger charge is -2.10. The molecule has 0 aliphatic rings. The second-order valence-corrected chi connectivity index (χ2v) is 14.5. The topological polar surface area (TPSA) is 61.1 Å². The van der Waals surface area contributed by atoms with Crippen LogP contribution in [0.3, 0.4) is 0 Å². The van der Waals surface area contributed by atoms with Crippen LogP contribution in [0.4, 0.5) is 0 Å². The fraction of sp³-hybridized carbons (Fsp3) is 0. The highest BCUT2D eigenvalue weighted by Gasteiger charge is 2.20. The van der Waals surface area contributed by atoms with E-state index in [1.807, 2.05) is 54.6 Å². The summed E-state index contributed by atoms with van der Waals surface area (Å²) in [6.07, 6.45) is 2.23. The van der Waals surface area contributed by atoms with E-state index in [1.165, 1.54) is 5.39 Å². The first-order valence-electron chi connectivity index (χ1n) is 19.1. The highest BCUT2D eigenvalue weighted by Crippen LogP contribution is 2.41. The van der Waals surface area contributed by atoms with Gasteiger partial charge in [-0.05, 0) is 77.9 Å². The summed E-state index contributed by atoms with van der Waals surface area (Å²) in [5, 5.41) is 4.33. The molecule has 0 atom stereocenters. The van der Waals surface area contributed by atoms with E-state index in [4.69, 9.17) is 19.4 Å². The monoisotopic (exact) mass is 729 g/mol. The molecule has 0 saturated heterocycles. The van der Waals surface area contributed by atoms with Gasteiger partial charge in [0.1, 0.15) is 16.8 Å². The molecule has 6 heteroatoms. The van der Waals surface area contributed by atoms with Crippen LogP contribution in [0.25, 0.3) is 111 Å². The van der Waals surface area contributed by atoms with Gasteiger partial charge in [0, 0.05) is 50.1 Å². The average molecular weight is 730 g/mol. The molecule has 7 aromatic carbocycles. The number of aromatic nitrogens is 5. The average Bonchev–Trinajstić information content (AvgIpc) is 3.95. The smallest absolute Gasteiger partial charge is 0.161 e. The van der Waals surface area contributed by atoms with Crippen molar-refractivity contribution in [3.8, 4) is 50.7 Å². The Bertz CT molecular complexity index is 3450. The van der Waals surface area contributed by atoms with Crippen LogP contribution in [0.15, 0.2) is 193 Å². The van der Waals surface area contributed by atoms with Crippen molar-refractivity contribution in [2.75, 3.05) is 0 Å². The van der Waals surface area contributed by atoms with Crippen LogP contribution >= 0.6 is 0 Å². The minimum atomic E-state index is 0.655. The molecule has 0 N–H and O–H groups in total. The van der Waals surface area contributed by atoms with Crippen LogP contribution in [0, 0.1) is 0 Å². The molecule has 0 bridgehead atoms. The van der Waals surface area contributed by atoms with Crippen LogP contribution in [0.1, 0.15) is 0 Å². The highest BCUT2D eigenvalue weighted by atomic mass is 16.3. The van der Waals surface area contributed by atoms with Crippen LogP contribution < -0.4 is 0 Å². The molecule has 0 aliphatic heterocycles. The Balaban J connectivity index is 1.06. The summed E-state index contributed by atoms with van der Waals surface area (Å²) < 4.78 is 11.1. The molecule has 266 valence electrons. The van der Waals surface area contributed by atoms with Gasteiger partial charge in [0.15, 0.2) is 5.82 Å². The molecular formula is C51H31N5O. The van der Waals surface area contributed by atoms with Gasteiger partial charge in [-0.1, -0.05) is 115 Å². The van der Waals surface area contributed by atoms with Crippen LogP contribution in [0.5, 0.6) is 0 Å². The molecule has 0 spiro atoms. The normalized spacial score (nSPS) is 11.9. The summed E-state index contributed by atoms with van der Waals surface area (Å²) >= 11 is 0. The Morgan fingerprint density at radius 1 is 0.421 bits per heavy atom. The largest absolute Gasteiger partial charge is 0.456 e. The van der Waals surface area contributed by atoms with E-state index in [-0.39, 0.29) is 0 Å². The first kappa shape index (κ1) is 31.5. The molecule has 0 radical (unpaired) electrons. The van der Waals surface area contributed by atoms with Gasteiger partial charge >= 0.3 is 0 Å². The molecule has 5 heterocycles. The van der Waals surface area contributed by atoms with E-state index >= 15 is 0 Å². The Labute approximate surface area is 326 Å². The van der Waals surface area contributed by atoms with Crippen molar-refractivity contribution in [1.29, 1.82) is 0 Å². The van der Waals surface area contributed by atoms with Gasteiger partial charge in [-0.2, -0.15) is 0 Å². The van der Waals surface area contributed by atoms with E-state index in [0.29, 0.717) is 5.82 Å². The lowest BCUT2D eigenvalue weighted by atomic mass is 9.99. The maximum atomic E-state index is 6.51. The quantitative estimate of drug-likeness (QED) is 0.177. The number of pyridine rings is 1. The van der Waals surface area contributed by atoms with Gasteiger partial charge in [-0.25, -0.2) is 15.0 Å². The molecular weight excluding hydrogens is 699 g/mol. The van der Waals surface area contributed by atoms with Crippen molar-refractivity contribution < 1.29 is 4.42 Å². The summed E-state index contributed by atoms with van der Waals surface area (Å²) in [6, 6.07) is 63.2. The molecule has 0 aliphatic carbocycles. The Morgan fingerprint density at radius 2 is 1.07 bits per heavy atom. The Morgan fingerprint density at radius 3 is 1.82 bits per heavy atom. The van der Waals surface area contributed by atoms with Crippen molar-refractivity contribution in [2.45, 2.75) is 0 Å². The number of para-hydroxylation sites is 3. The Hall–Kier alpha value is -7.83. The predicted octanol–water partition coefficient (Wildman–Crippen LogP) is 12.9. The molecule has 0 saturated carbocycles. The summed E-state index contributed by atoms with van der Waals surface area (Å²) in [7, 11) is 0. The predicted molar refractivity (Wildman–Crippen MR) is 232 cm³/mol. The fourth-order valence-corrected chi connectivity index (χ4v) is 8.47. The second-order valence-electron chi connectivity index (χ2n) is 14.5. The number of rotatable bonds is 5. The van der Waals surface area contributed by atoms with E-state index in [0.717, 1.165) is 99.9 Å². The zero-order chi connectivity index (χ0) is 37.5. The number of fused-ring (bicyclic) bond motifs is 9. The lowest BCUT2D eigenvalue weighted by Crippen LogP contribution is -1.96. The zero-order valence-electron chi connectivity index (χ0n) is 30.5. The minimum absolute atomic E-state index is 0.655. The molecule has 0 amide bonds. The van der Waals surface area contributed by atoms with Crippen molar-refractivity contribution in [2.24, 2.45) is 0 Å². The van der Waals surface area contributed by atoms with Crippen LogP contribution in [0.2, 0.25) is 0 Å². The summed E-state index contributed by atoms with van der Waals surface area (Å²) in [5.41, 5.74) is 14.9. The standard InChI is InChI=1S/C51H31N5O/c1-4-13-32(14-5-1)42-30-43(33-15-6-2-7-16-33)54-51(53-42)37-19-12-22-48-50(37)40-28-35(24-26-47(40)57-48)34-23-25-44-38(27-34)39-29-49-52-41-20-10-11-21-45(41)55(49)31-46(39)56(44)36-17-8-3-9-18-36/h1-31H. The zero-order valence-corrected chi connectivity index (χ0v) is 30.5. The van der Waals surface area contributed by atoms with Gasteiger partial charge in [0.25, 0.3) is 0 Å². The van der Waals surface area contributed by atoms with E-state index in [1.54, 1.807) is 0 Å². The number of nitrogens with zero attached hydrogens (tertiary/aromatic N) is 5. The van der Waals surface area contributed by atoms with Gasteiger partial charge in [-0.3, -0.25) is 4.40 Å². The van der Waals surface area contributed by atoms with Crippen molar-refractivity contribution >= 4 is 60.4 Å². The summed E-state index contributed by atoms with van der Waals surface area (Å²) in [4.78, 5) is 15.4. The first-order chi connectivity index (χ1) is 28.2. The number of benzene rings is 7. The second kappa shape index (κ2) is 12.3. The number of hydrogen-bond donors (Lipinski definition) is 0. The molecule has 5 aromatic heterocycles. The number of hydrogen-bond acceptors (Lipinski definition) is 4. The third-order valence-corrected chi connectivity index (χ3v) is 11.1. The van der Waals surface area contributed by atoms with Gasteiger partial charge in [0.05, 0.1) is 33.5 Å². The maximum absolute atomic E-state index is 6.51. The van der Waals surface area contributed by atoms with Gasteiger partial charge < -0.3 is 8.98 Å². The molecule has 12 aromatic rings. The molecule has 12 rings (SSSR count). The summed E-state index contributed by atoms with van der Waals surface area (Å²) in [6.45, 7) is 0.